The van der Waals surface area contributed by atoms with E-state index in [1.54, 1.807) is 13.2 Å². The van der Waals surface area contributed by atoms with Crippen molar-refractivity contribution in [2.45, 2.75) is 44.3 Å². The van der Waals surface area contributed by atoms with Crippen LogP contribution in [-0.4, -0.2) is 66.7 Å². The van der Waals surface area contributed by atoms with Gasteiger partial charge in [0, 0.05) is 48.7 Å². The number of likely N-dealkylation sites (tertiary alicyclic amines) is 1. The van der Waals surface area contributed by atoms with E-state index in [0.29, 0.717) is 46.5 Å². The summed E-state index contributed by atoms with van der Waals surface area (Å²) in [4.78, 5) is 37.4. The number of nitrogens with zero attached hydrogens (tertiary/aromatic N) is 5. The van der Waals surface area contributed by atoms with Crippen LogP contribution < -0.4 is 16.2 Å². The van der Waals surface area contributed by atoms with E-state index in [2.05, 4.69) is 10.6 Å². The zero-order chi connectivity index (χ0) is 31.1. The van der Waals surface area contributed by atoms with Crippen LogP contribution in [0.5, 0.6) is 11.5 Å². The first-order valence-electron chi connectivity index (χ1n) is 15.5. The highest BCUT2D eigenvalue weighted by molar-refractivity contribution is 6.01. The number of piperidine rings is 1. The Hall–Kier alpha value is -4.90. The molecule has 0 radical (unpaired) electrons. The summed E-state index contributed by atoms with van der Waals surface area (Å²) >= 11 is 0. The van der Waals surface area contributed by atoms with Crippen molar-refractivity contribution >= 4 is 33.9 Å². The first-order chi connectivity index (χ1) is 21.7. The average Bonchev–Trinajstić information content (AvgIpc) is 3.44. The van der Waals surface area contributed by atoms with Gasteiger partial charge in [-0.15, -0.1) is 0 Å². The zero-order valence-corrected chi connectivity index (χ0v) is 25.2. The number of nitrogens with two attached hydrogens (primary N) is 2. The number of methoxy groups -OCH3 is 1. The molecule has 2 bridgehead atoms. The Morgan fingerprint density at radius 3 is 2.53 bits per heavy atom. The summed E-state index contributed by atoms with van der Waals surface area (Å²) in [7, 11) is 3.58. The van der Waals surface area contributed by atoms with Crippen molar-refractivity contribution in [3.8, 4) is 34.3 Å². The van der Waals surface area contributed by atoms with E-state index >= 15 is 0 Å². The van der Waals surface area contributed by atoms with Crippen molar-refractivity contribution in [2.24, 2.45) is 30.4 Å². The molecule has 11 nitrogen and oxygen atoms in total. The van der Waals surface area contributed by atoms with Gasteiger partial charge < -0.3 is 35.3 Å². The van der Waals surface area contributed by atoms with Gasteiger partial charge in [-0.3, -0.25) is 9.59 Å². The number of carbonyl (C=O) groups is 2. The third kappa shape index (κ3) is 4.36. The third-order valence-corrected chi connectivity index (χ3v) is 9.99. The van der Waals surface area contributed by atoms with Crippen molar-refractivity contribution in [3.05, 3.63) is 59.7 Å². The van der Waals surface area contributed by atoms with Crippen LogP contribution in [-0.2, 0) is 13.6 Å². The van der Waals surface area contributed by atoms with Gasteiger partial charge in [0.2, 0.25) is 0 Å². The number of carbonyl (C=O) groups excluding carboxylic acids is 2. The van der Waals surface area contributed by atoms with Crippen LogP contribution in [0.4, 0.5) is 0 Å². The highest BCUT2D eigenvalue weighted by Crippen LogP contribution is 2.40. The molecule has 1 aliphatic heterocycles. The quantitative estimate of drug-likeness (QED) is 0.253. The van der Waals surface area contributed by atoms with Crippen LogP contribution >= 0.6 is 0 Å². The van der Waals surface area contributed by atoms with Crippen LogP contribution in [0.2, 0.25) is 0 Å². The predicted molar refractivity (Wildman–Crippen MR) is 170 cm³/mol. The number of aromatic hydroxyl groups is 1. The second kappa shape index (κ2) is 10.1. The van der Waals surface area contributed by atoms with Gasteiger partial charge >= 0.3 is 0 Å². The SMILES string of the molecule is COc1cc(C(=O)N2C[C@H]3CC[C@@H]2[C@@H]3N)cc2nc(-c3cc4ccc(-c5ccc(C(N)=O)c(O)c5)nc4n3CC3CC3)n(C)c12. The fraction of sp³-hybridized carbons (Fsp3) is 0.353. The summed E-state index contributed by atoms with van der Waals surface area (Å²) in [5, 5.41) is 11.3. The molecule has 3 aromatic heterocycles. The number of aromatic nitrogens is 4. The highest BCUT2D eigenvalue weighted by atomic mass is 16.5. The second-order valence-corrected chi connectivity index (χ2v) is 12.8. The number of hydrogen-bond donors (Lipinski definition) is 3. The highest BCUT2D eigenvalue weighted by Gasteiger charge is 2.47. The molecule has 4 heterocycles. The van der Waals surface area contributed by atoms with E-state index in [0.717, 1.165) is 60.3 Å². The lowest BCUT2D eigenvalue weighted by atomic mass is 10.1. The molecule has 11 heteroatoms. The number of primary amides is 1. The molecule has 3 aliphatic rings. The van der Waals surface area contributed by atoms with Crippen LogP contribution in [0.25, 0.3) is 44.8 Å². The smallest absolute Gasteiger partial charge is 0.254 e. The van der Waals surface area contributed by atoms with Gasteiger partial charge in [0.05, 0.1) is 29.6 Å². The Kier molecular flexibility index (Phi) is 6.18. The van der Waals surface area contributed by atoms with E-state index in [1.165, 1.54) is 12.1 Å². The number of benzene rings is 2. The Bertz CT molecular complexity index is 2040. The number of phenols is 1. The molecule has 5 N–H and O–H groups in total. The molecule has 2 aromatic carbocycles. The average molecular weight is 606 g/mol. The minimum Gasteiger partial charge on any atom is -0.507 e. The Balaban J connectivity index is 1.23. The van der Waals surface area contributed by atoms with E-state index < -0.39 is 5.91 Å². The minimum absolute atomic E-state index is 0.0282. The number of ether oxygens (including phenoxy) is 1. The molecule has 230 valence electrons. The molecule has 8 rings (SSSR count). The summed E-state index contributed by atoms with van der Waals surface area (Å²) in [5.74, 6) is 1.37. The van der Waals surface area contributed by atoms with Crippen LogP contribution in [0.3, 0.4) is 0 Å². The fourth-order valence-corrected chi connectivity index (χ4v) is 7.38. The second-order valence-electron chi connectivity index (χ2n) is 12.8. The van der Waals surface area contributed by atoms with E-state index in [9.17, 15) is 14.7 Å². The molecular weight excluding hydrogens is 570 g/mol. The normalized spacial score (nSPS) is 20.9. The molecular formula is C34H35N7O4. The van der Waals surface area contributed by atoms with Gasteiger partial charge in [0.1, 0.15) is 22.7 Å². The summed E-state index contributed by atoms with van der Waals surface area (Å²) in [6, 6.07) is 14.6. The fourth-order valence-electron chi connectivity index (χ4n) is 7.38. The van der Waals surface area contributed by atoms with Gasteiger partial charge in [-0.05, 0) is 80.0 Å². The Labute approximate surface area is 259 Å². The van der Waals surface area contributed by atoms with Gasteiger partial charge in [0.15, 0.2) is 5.82 Å². The minimum atomic E-state index is -0.687. The number of aryl methyl sites for hydroxylation is 1. The van der Waals surface area contributed by atoms with Gasteiger partial charge in [-0.2, -0.15) is 0 Å². The maximum Gasteiger partial charge on any atom is 0.254 e. The summed E-state index contributed by atoms with van der Waals surface area (Å²) in [6.45, 7) is 1.49. The van der Waals surface area contributed by atoms with Gasteiger partial charge in [-0.1, -0.05) is 6.07 Å². The lowest BCUT2D eigenvalue weighted by Gasteiger charge is -2.27. The number of imidazole rings is 1. The number of fused-ring (bicyclic) bond motifs is 4. The standard InChI is InChI=1S/C34H35N7O4/c1-39-30-24(11-21(14-28(30)45-2)34(44)41-16-20-7-10-25(41)29(20)35)38-33(39)26-12-19-6-9-23(37-32(19)40(26)15-17-3-4-17)18-5-8-22(31(36)43)27(42)13-18/h5-6,8-9,11-14,17,20,25,29,42H,3-4,7,10,15-16,35H2,1-2H3,(H2,36,43)/t20-,25-,29-/m1/s1. The molecule has 2 amide bonds. The van der Waals surface area contributed by atoms with Crippen LogP contribution in [0.1, 0.15) is 46.4 Å². The van der Waals surface area contributed by atoms with Crippen molar-refractivity contribution in [1.82, 2.24) is 24.0 Å². The summed E-state index contributed by atoms with van der Waals surface area (Å²) < 4.78 is 10.1. The van der Waals surface area contributed by atoms with E-state index in [-0.39, 0.29) is 29.3 Å². The van der Waals surface area contributed by atoms with Crippen molar-refractivity contribution in [3.63, 3.8) is 0 Å². The van der Waals surface area contributed by atoms with Crippen molar-refractivity contribution in [1.29, 1.82) is 0 Å². The van der Waals surface area contributed by atoms with Gasteiger partial charge in [0.25, 0.3) is 11.8 Å². The van der Waals surface area contributed by atoms with Gasteiger partial charge in [-0.25, -0.2) is 9.97 Å². The Morgan fingerprint density at radius 1 is 1.04 bits per heavy atom. The first-order valence-corrected chi connectivity index (χ1v) is 15.5. The van der Waals surface area contributed by atoms with Crippen molar-refractivity contribution < 1.29 is 19.4 Å². The maximum absolute atomic E-state index is 13.7. The number of rotatable bonds is 7. The zero-order valence-electron chi connectivity index (χ0n) is 25.2. The Morgan fingerprint density at radius 2 is 1.87 bits per heavy atom. The molecule has 0 unspecified atom stereocenters. The molecule has 2 aliphatic carbocycles. The molecule has 5 aromatic rings. The molecule has 1 saturated heterocycles. The summed E-state index contributed by atoms with van der Waals surface area (Å²) in [6.07, 6.45) is 4.35. The first kappa shape index (κ1) is 27.6. The molecule has 3 atom stereocenters. The monoisotopic (exact) mass is 605 g/mol. The van der Waals surface area contributed by atoms with Crippen LogP contribution in [0.15, 0.2) is 48.5 Å². The molecule has 0 spiro atoms. The van der Waals surface area contributed by atoms with Crippen molar-refractivity contribution in [2.75, 3.05) is 13.7 Å². The predicted octanol–water partition coefficient (Wildman–Crippen LogP) is 4.04. The lowest BCUT2D eigenvalue weighted by Crippen LogP contribution is -2.41. The number of pyridine rings is 1. The third-order valence-electron chi connectivity index (χ3n) is 9.99. The number of hydrogen-bond acceptors (Lipinski definition) is 7. The number of amides is 2. The topological polar surface area (TPSA) is 155 Å². The summed E-state index contributed by atoms with van der Waals surface area (Å²) in [5.41, 5.74) is 17.0. The molecule has 3 fully saturated rings. The lowest BCUT2D eigenvalue weighted by molar-refractivity contribution is 0.0700. The maximum atomic E-state index is 13.7. The van der Waals surface area contributed by atoms with E-state index in [4.69, 9.17) is 26.2 Å². The van der Waals surface area contributed by atoms with E-state index in [1.807, 2.05) is 40.8 Å². The molecule has 2 saturated carbocycles. The molecule has 45 heavy (non-hydrogen) atoms. The largest absolute Gasteiger partial charge is 0.507 e. The van der Waals surface area contributed by atoms with Crippen LogP contribution in [0, 0.1) is 11.8 Å².